The molecule has 1 saturated heterocycles. The minimum absolute atomic E-state index is 0.000460. The average molecular weight is 284 g/mol. The summed E-state index contributed by atoms with van der Waals surface area (Å²) in [6.07, 6.45) is 3.33. The van der Waals surface area contributed by atoms with Crippen molar-refractivity contribution in [3.63, 3.8) is 0 Å². The van der Waals surface area contributed by atoms with E-state index in [1.54, 1.807) is 0 Å². The van der Waals surface area contributed by atoms with E-state index in [1.807, 2.05) is 0 Å². The summed E-state index contributed by atoms with van der Waals surface area (Å²) in [6, 6.07) is 2.79. The molecular weight excluding hydrogens is 266 g/mol. The van der Waals surface area contributed by atoms with Crippen molar-refractivity contribution in [1.29, 1.82) is 0 Å². The summed E-state index contributed by atoms with van der Waals surface area (Å²) in [4.78, 5) is 16.8. The number of nitro groups is 1. The van der Waals surface area contributed by atoms with Crippen molar-refractivity contribution >= 4 is 23.1 Å². The van der Waals surface area contributed by atoms with Gasteiger partial charge < -0.3 is 4.90 Å². The molecule has 1 aromatic rings. The van der Waals surface area contributed by atoms with Gasteiger partial charge in [0.1, 0.15) is 11.0 Å². The van der Waals surface area contributed by atoms with Crippen LogP contribution < -0.4 is 4.90 Å². The monoisotopic (exact) mass is 283 g/mol. The van der Waals surface area contributed by atoms with E-state index in [2.05, 4.69) is 23.7 Å². The quantitative estimate of drug-likeness (QED) is 0.481. The highest BCUT2D eigenvalue weighted by atomic mass is 35.5. The molecule has 0 amide bonds. The fourth-order valence-electron chi connectivity index (χ4n) is 2.70. The van der Waals surface area contributed by atoms with Gasteiger partial charge in [0.15, 0.2) is 0 Å². The molecule has 6 heteroatoms. The van der Waals surface area contributed by atoms with E-state index in [9.17, 15) is 10.1 Å². The third-order valence-electron chi connectivity index (χ3n) is 4.24. The van der Waals surface area contributed by atoms with Crippen LogP contribution in [0.3, 0.4) is 0 Å². The minimum atomic E-state index is -0.431. The summed E-state index contributed by atoms with van der Waals surface area (Å²) >= 11 is 5.87. The lowest BCUT2D eigenvalue weighted by Crippen LogP contribution is -2.26. The zero-order valence-electron chi connectivity index (χ0n) is 11.2. The molecule has 0 aliphatic carbocycles. The molecule has 0 radical (unpaired) electrons. The zero-order chi connectivity index (χ0) is 14.0. The minimum Gasteiger partial charge on any atom is -0.356 e. The van der Waals surface area contributed by atoms with Crippen molar-refractivity contribution in [3.8, 4) is 0 Å². The Kier molecular flexibility index (Phi) is 3.94. The van der Waals surface area contributed by atoms with Gasteiger partial charge >= 0.3 is 0 Å². The highest BCUT2D eigenvalue weighted by Crippen LogP contribution is 2.39. The van der Waals surface area contributed by atoms with Gasteiger partial charge in [-0.05, 0) is 24.7 Å². The van der Waals surface area contributed by atoms with Crippen LogP contribution in [0.5, 0.6) is 0 Å². The predicted octanol–water partition coefficient (Wildman–Crippen LogP) is 3.66. The maximum atomic E-state index is 10.9. The summed E-state index contributed by atoms with van der Waals surface area (Å²) in [6.45, 7) is 6.17. The molecule has 0 bridgehead atoms. The van der Waals surface area contributed by atoms with Crippen molar-refractivity contribution in [2.45, 2.75) is 33.1 Å². The van der Waals surface area contributed by atoms with Crippen molar-refractivity contribution in [2.24, 2.45) is 5.41 Å². The van der Waals surface area contributed by atoms with Crippen molar-refractivity contribution in [2.75, 3.05) is 18.0 Å². The molecule has 104 valence electrons. The summed E-state index contributed by atoms with van der Waals surface area (Å²) in [5.41, 5.74) is 0.305. The van der Waals surface area contributed by atoms with Gasteiger partial charge in [-0.15, -0.1) is 0 Å². The van der Waals surface area contributed by atoms with Crippen LogP contribution >= 0.6 is 11.6 Å². The number of hydrogen-bond donors (Lipinski definition) is 0. The smallest absolute Gasteiger partial charge is 0.276 e. The Morgan fingerprint density at radius 2 is 2.16 bits per heavy atom. The van der Waals surface area contributed by atoms with Crippen LogP contribution in [-0.4, -0.2) is 23.0 Å². The Hall–Kier alpha value is -1.36. The second-order valence-electron chi connectivity index (χ2n) is 5.14. The second kappa shape index (κ2) is 5.33. The van der Waals surface area contributed by atoms with E-state index in [1.165, 1.54) is 12.1 Å². The van der Waals surface area contributed by atoms with Crippen LogP contribution in [0.1, 0.15) is 33.1 Å². The van der Waals surface area contributed by atoms with Gasteiger partial charge in [-0.2, -0.15) is 0 Å². The molecule has 19 heavy (non-hydrogen) atoms. The van der Waals surface area contributed by atoms with Gasteiger partial charge in [0.25, 0.3) is 5.69 Å². The number of aromatic nitrogens is 1. The van der Waals surface area contributed by atoms with Crippen molar-refractivity contribution < 1.29 is 4.92 Å². The van der Waals surface area contributed by atoms with Gasteiger partial charge in [-0.1, -0.05) is 25.4 Å². The van der Waals surface area contributed by atoms with Gasteiger partial charge in [0.2, 0.25) is 0 Å². The molecule has 0 unspecified atom stereocenters. The molecule has 0 atom stereocenters. The second-order valence-corrected chi connectivity index (χ2v) is 5.53. The third-order valence-corrected chi connectivity index (χ3v) is 4.43. The van der Waals surface area contributed by atoms with Crippen LogP contribution in [0.15, 0.2) is 12.1 Å². The van der Waals surface area contributed by atoms with E-state index in [4.69, 9.17) is 11.6 Å². The first-order chi connectivity index (χ1) is 8.99. The van der Waals surface area contributed by atoms with Crippen LogP contribution in [-0.2, 0) is 0 Å². The van der Waals surface area contributed by atoms with E-state index in [0.29, 0.717) is 11.2 Å². The fourth-order valence-corrected chi connectivity index (χ4v) is 2.89. The largest absolute Gasteiger partial charge is 0.356 e. The van der Waals surface area contributed by atoms with Crippen molar-refractivity contribution in [3.05, 3.63) is 27.4 Å². The van der Waals surface area contributed by atoms with Gasteiger partial charge in [0.05, 0.1) is 17.1 Å². The molecule has 1 aromatic heterocycles. The lowest BCUT2D eigenvalue weighted by atomic mass is 9.82. The number of halogens is 1. The molecule has 0 spiro atoms. The molecule has 1 fully saturated rings. The Labute approximate surface area is 117 Å². The van der Waals surface area contributed by atoms with E-state index < -0.39 is 4.92 Å². The molecule has 5 nitrogen and oxygen atoms in total. The standard InChI is InChI=1S/C13H18ClN3O2/c1-3-13(4-2)5-6-16(9-13)12-8-10(17(18)19)7-11(14)15-12/h7-8H,3-6,9H2,1-2H3. The molecule has 2 rings (SSSR count). The topological polar surface area (TPSA) is 59.3 Å². The highest BCUT2D eigenvalue weighted by Gasteiger charge is 2.35. The molecule has 1 aliphatic heterocycles. The number of hydrogen-bond acceptors (Lipinski definition) is 4. The van der Waals surface area contributed by atoms with Crippen LogP contribution in [0, 0.1) is 15.5 Å². The summed E-state index contributed by atoms with van der Waals surface area (Å²) in [5, 5.41) is 11.0. The SMILES string of the molecule is CCC1(CC)CCN(c2cc([N+](=O)[O-])cc(Cl)n2)C1. The lowest BCUT2D eigenvalue weighted by molar-refractivity contribution is -0.384. The summed E-state index contributed by atoms with van der Waals surface area (Å²) < 4.78 is 0. The fraction of sp³-hybridized carbons (Fsp3) is 0.615. The number of rotatable bonds is 4. The molecule has 1 aliphatic rings. The van der Waals surface area contributed by atoms with E-state index >= 15 is 0 Å². The van der Waals surface area contributed by atoms with Gasteiger partial charge in [-0.25, -0.2) is 4.98 Å². The normalized spacial score (nSPS) is 17.7. The predicted molar refractivity (Wildman–Crippen MR) is 75.7 cm³/mol. The lowest BCUT2D eigenvalue weighted by Gasteiger charge is -2.26. The summed E-state index contributed by atoms with van der Waals surface area (Å²) in [7, 11) is 0. The Morgan fingerprint density at radius 3 is 2.68 bits per heavy atom. The number of nitrogens with zero attached hydrogens (tertiary/aromatic N) is 3. The number of anilines is 1. The number of pyridine rings is 1. The molecular formula is C13H18ClN3O2. The Balaban J connectivity index is 2.26. The van der Waals surface area contributed by atoms with Crippen LogP contribution in [0.25, 0.3) is 0 Å². The molecule has 0 saturated carbocycles. The first-order valence-electron chi connectivity index (χ1n) is 6.56. The maximum Gasteiger partial charge on any atom is 0.276 e. The first-order valence-corrected chi connectivity index (χ1v) is 6.94. The molecule has 0 aromatic carbocycles. The van der Waals surface area contributed by atoms with Crippen LogP contribution in [0.4, 0.5) is 11.5 Å². The van der Waals surface area contributed by atoms with Crippen molar-refractivity contribution in [1.82, 2.24) is 4.98 Å². The van der Waals surface area contributed by atoms with Gasteiger partial charge in [0, 0.05) is 13.1 Å². The highest BCUT2D eigenvalue weighted by molar-refractivity contribution is 6.29. The summed E-state index contributed by atoms with van der Waals surface area (Å²) in [5.74, 6) is 0.614. The van der Waals surface area contributed by atoms with E-state index in [-0.39, 0.29) is 10.8 Å². The zero-order valence-corrected chi connectivity index (χ0v) is 12.0. The maximum absolute atomic E-state index is 10.9. The Morgan fingerprint density at radius 1 is 1.47 bits per heavy atom. The third kappa shape index (κ3) is 2.81. The first kappa shape index (κ1) is 14.1. The van der Waals surface area contributed by atoms with Crippen LogP contribution in [0.2, 0.25) is 5.15 Å². The molecule has 0 N–H and O–H groups in total. The molecule has 2 heterocycles. The average Bonchev–Trinajstić information content (AvgIpc) is 2.83. The Bertz CT molecular complexity index is 489. The van der Waals surface area contributed by atoms with Gasteiger partial charge in [-0.3, -0.25) is 10.1 Å². The van der Waals surface area contributed by atoms with E-state index in [0.717, 1.165) is 32.4 Å².